The minimum Gasteiger partial charge on any atom is -0.335 e. The van der Waals surface area contributed by atoms with Crippen molar-refractivity contribution in [1.82, 2.24) is 9.55 Å². The molecule has 0 aliphatic rings. The largest absolute Gasteiger partial charge is 0.335 e. The van der Waals surface area contributed by atoms with Crippen LogP contribution >= 0.6 is 0 Å². The van der Waals surface area contributed by atoms with Crippen LogP contribution < -0.4 is 0 Å². The van der Waals surface area contributed by atoms with Crippen molar-refractivity contribution in [3.63, 3.8) is 0 Å². The molecule has 0 saturated heterocycles. The smallest absolute Gasteiger partial charge is 0.142 e. The maximum absolute atomic E-state index is 12.8. The van der Waals surface area contributed by atoms with Gasteiger partial charge in [-0.3, -0.25) is 0 Å². The van der Waals surface area contributed by atoms with Gasteiger partial charge in [0.15, 0.2) is 0 Å². The molecule has 0 atom stereocenters. The molecule has 0 saturated carbocycles. The molecule has 0 bridgehead atoms. The van der Waals surface area contributed by atoms with E-state index in [1.807, 2.05) is 24.7 Å². The van der Waals surface area contributed by atoms with Crippen LogP contribution in [0, 0.1) is 12.7 Å². The fraction of sp³-hybridized carbons (Fsp3) is 0.222. The second-order valence-electron chi connectivity index (χ2n) is 2.95. The van der Waals surface area contributed by atoms with Crippen LogP contribution in [0.25, 0.3) is 11.0 Å². The zero-order valence-corrected chi connectivity index (χ0v) is 7.00. The first-order valence-corrected chi connectivity index (χ1v) is 3.75. The molecule has 0 spiro atoms. The fourth-order valence-electron chi connectivity index (χ4n) is 1.42. The Morgan fingerprint density at radius 2 is 2.25 bits per heavy atom. The molecular formula is C9H9FN2. The highest BCUT2D eigenvalue weighted by Crippen LogP contribution is 2.17. The Kier molecular flexibility index (Phi) is 1.40. The summed E-state index contributed by atoms with van der Waals surface area (Å²) in [4.78, 5) is 3.99. The molecule has 3 heteroatoms. The second-order valence-corrected chi connectivity index (χ2v) is 2.95. The van der Waals surface area contributed by atoms with Gasteiger partial charge in [-0.2, -0.15) is 0 Å². The summed E-state index contributed by atoms with van der Waals surface area (Å²) >= 11 is 0. The third kappa shape index (κ3) is 0.897. The van der Waals surface area contributed by atoms with Crippen molar-refractivity contribution in [2.45, 2.75) is 6.92 Å². The van der Waals surface area contributed by atoms with Crippen molar-refractivity contribution in [2.24, 2.45) is 7.05 Å². The van der Waals surface area contributed by atoms with E-state index in [-0.39, 0.29) is 5.82 Å². The molecule has 0 N–H and O–H groups in total. The summed E-state index contributed by atoms with van der Waals surface area (Å²) in [5.74, 6) is -0.281. The van der Waals surface area contributed by atoms with Gasteiger partial charge in [-0.15, -0.1) is 0 Å². The van der Waals surface area contributed by atoms with Gasteiger partial charge in [-0.05, 0) is 18.6 Å². The molecule has 2 nitrogen and oxygen atoms in total. The lowest BCUT2D eigenvalue weighted by molar-refractivity contribution is 0.623. The molecule has 0 aliphatic carbocycles. The van der Waals surface area contributed by atoms with E-state index in [1.165, 1.54) is 12.3 Å². The van der Waals surface area contributed by atoms with E-state index in [0.29, 0.717) is 0 Å². The maximum atomic E-state index is 12.8. The van der Waals surface area contributed by atoms with Gasteiger partial charge in [-0.25, -0.2) is 9.37 Å². The third-order valence-electron chi connectivity index (χ3n) is 1.98. The number of hydrogen-bond acceptors (Lipinski definition) is 1. The van der Waals surface area contributed by atoms with Gasteiger partial charge in [-0.1, -0.05) is 0 Å². The topological polar surface area (TPSA) is 17.8 Å². The van der Waals surface area contributed by atoms with Gasteiger partial charge < -0.3 is 4.57 Å². The number of rotatable bonds is 0. The SMILES string of the molecule is Cc1cn(C)c2ncc(F)cc12. The molecule has 2 rings (SSSR count). The van der Waals surface area contributed by atoms with Crippen molar-refractivity contribution in [3.8, 4) is 0 Å². The lowest BCUT2D eigenvalue weighted by Gasteiger charge is -1.93. The Labute approximate surface area is 69.6 Å². The Morgan fingerprint density at radius 1 is 1.50 bits per heavy atom. The normalized spacial score (nSPS) is 10.9. The minimum absolute atomic E-state index is 0.281. The molecule has 0 fully saturated rings. The zero-order valence-electron chi connectivity index (χ0n) is 7.00. The predicted octanol–water partition coefficient (Wildman–Crippen LogP) is 2.02. The van der Waals surface area contributed by atoms with Crippen molar-refractivity contribution in [1.29, 1.82) is 0 Å². The molecule has 62 valence electrons. The lowest BCUT2D eigenvalue weighted by Crippen LogP contribution is -1.87. The minimum atomic E-state index is -0.281. The lowest BCUT2D eigenvalue weighted by atomic mass is 10.2. The standard InChI is InChI=1S/C9H9FN2/c1-6-5-12(2)9-8(6)3-7(10)4-11-9/h3-5H,1-2H3. The summed E-state index contributed by atoms with van der Waals surface area (Å²) in [7, 11) is 1.90. The first kappa shape index (κ1) is 7.28. The first-order chi connectivity index (χ1) is 5.68. The van der Waals surface area contributed by atoms with Crippen molar-refractivity contribution in [3.05, 3.63) is 29.8 Å². The van der Waals surface area contributed by atoms with Crippen LogP contribution in [-0.2, 0) is 7.05 Å². The summed E-state index contributed by atoms with van der Waals surface area (Å²) < 4.78 is 14.6. The molecule has 0 amide bonds. The average Bonchev–Trinajstić information content (AvgIpc) is 2.28. The first-order valence-electron chi connectivity index (χ1n) is 3.75. The van der Waals surface area contributed by atoms with Gasteiger partial charge in [0.05, 0.1) is 6.20 Å². The number of fused-ring (bicyclic) bond motifs is 1. The predicted molar refractivity (Wildman–Crippen MR) is 45.4 cm³/mol. The van der Waals surface area contributed by atoms with Gasteiger partial charge in [0, 0.05) is 18.6 Å². The van der Waals surface area contributed by atoms with E-state index in [1.54, 1.807) is 0 Å². The number of nitrogens with zero attached hydrogens (tertiary/aromatic N) is 2. The number of aromatic nitrogens is 2. The number of pyridine rings is 1. The van der Waals surface area contributed by atoms with Crippen LogP contribution in [-0.4, -0.2) is 9.55 Å². The molecule has 0 unspecified atom stereocenters. The van der Waals surface area contributed by atoms with E-state index in [9.17, 15) is 4.39 Å². The van der Waals surface area contributed by atoms with E-state index in [2.05, 4.69) is 4.98 Å². The van der Waals surface area contributed by atoms with Crippen molar-refractivity contribution < 1.29 is 4.39 Å². The van der Waals surface area contributed by atoms with E-state index in [4.69, 9.17) is 0 Å². The zero-order chi connectivity index (χ0) is 8.72. The fourth-order valence-corrected chi connectivity index (χ4v) is 1.42. The summed E-state index contributed by atoms with van der Waals surface area (Å²) in [5.41, 5.74) is 1.88. The Hall–Kier alpha value is -1.38. The molecule has 2 heterocycles. The van der Waals surface area contributed by atoms with Gasteiger partial charge in [0.2, 0.25) is 0 Å². The molecule has 0 radical (unpaired) electrons. The molecule has 12 heavy (non-hydrogen) atoms. The maximum Gasteiger partial charge on any atom is 0.142 e. The Bertz CT molecular complexity index is 431. The highest BCUT2D eigenvalue weighted by Gasteiger charge is 2.04. The van der Waals surface area contributed by atoms with E-state index < -0.39 is 0 Å². The average molecular weight is 164 g/mol. The van der Waals surface area contributed by atoms with Crippen LogP contribution in [0.3, 0.4) is 0 Å². The van der Waals surface area contributed by atoms with E-state index in [0.717, 1.165) is 16.6 Å². The van der Waals surface area contributed by atoms with Crippen LogP contribution in [0.5, 0.6) is 0 Å². The molecule has 2 aromatic heterocycles. The monoisotopic (exact) mass is 164 g/mol. The highest BCUT2D eigenvalue weighted by atomic mass is 19.1. The molecular weight excluding hydrogens is 155 g/mol. The quantitative estimate of drug-likeness (QED) is 0.582. The van der Waals surface area contributed by atoms with Gasteiger partial charge in [0.1, 0.15) is 11.5 Å². The molecule has 0 aliphatic heterocycles. The van der Waals surface area contributed by atoms with E-state index >= 15 is 0 Å². The van der Waals surface area contributed by atoms with Crippen LogP contribution in [0.1, 0.15) is 5.56 Å². The van der Waals surface area contributed by atoms with Crippen LogP contribution in [0.15, 0.2) is 18.5 Å². The number of halogens is 1. The summed E-state index contributed by atoms with van der Waals surface area (Å²) in [6, 6.07) is 1.51. The highest BCUT2D eigenvalue weighted by molar-refractivity contribution is 5.79. The number of aryl methyl sites for hydroxylation is 2. The summed E-state index contributed by atoms with van der Waals surface area (Å²) in [6.45, 7) is 1.95. The van der Waals surface area contributed by atoms with Crippen LogP contribution in [0.4, 0.5) is 4.39 Å². The van der Waals surface area contributed by atoms with Crippen molar-refractivity contribution >= 4 is 11.0 Å². The van der Waals surface area contributed by atoms with Crippen LogP contribution in [0.2, 0.25) is 0 Å². The third-order valence-corrected chi connectivity index (χ3v) is 1.98. The summed E-state index contributed by atoms with van der Waals surface area (Å²) in [6.07, 6.45) is 3.18. The summed E-state index contributed by atoms with van der Waals surface area (Å²) in [5, 5.41) is 0.887. The second kappa shape index (κ2) is 2.30. The molecule has 0 aromatic carbocycles. The van der Waals surface area contributed by atoms with Gasteiger partial charge >= 0.3 is 0 Å². The molecule has 2 aromatic rings. The Morgan fingerprint density at radius 3 is 3.00 bits per heavy atom. The van der Waals surface area contributed by atoms with Gasteiger partial charge in [0.25, 0.3) is 0 Å². The van der Waals surface area contributed by atoms with Crippen molar-refractivity contribution in [2.75, 3.05) is 0 Å². The number of hydrogen-bond donors (Lipinski definition) is 0. The Balaban J connectivity index is 2.90.